The molecule has 3 aromatic rings. The number of anilines is 3. The Labute approximate surface area is 209 Å². The Kier molecular flexibility index (Phi) is 6.39. The van der Waals surface area contributed by atoms with Gasteiger partial charge in [-0.3, -0.25) is 9.89 Å². The molecule has 1 saturated carbocycles. The van der Waals surface area contributed by atoms with Gasteiger partial charge < -0.3 is 10.2 Å². The van der Waals surface area contributed by atoms with E-state index in [1.807, 2.05) is 17.9 Å². The summed E-state index contributed by atoms with van der Waals surface area (Å²) in [5.41, 5.74) is 0.217. The zero-order chi connectivity index (χ0) is 25.5. The zero-order valence-electron chi connectivity index (χ0n) is 19.4. The number of halogens is 4. The minimum absolute atomic E-state index is 0.135. The number of benzene rings is 1. The van der Waals surface area contributed by atoms with Gasteiger partial charge in [-0.1, -0.05) is 12.1 Å². The fourth-order valence-electron chi connectivity index (χ4n) is 4.20. The van der Waals surface area contributed by atoms with Crippen LogP contribution < -0.4 is 10.2 Å². The topological polar surface area (TPSA) is 86.8 Å². The molecule has 7 nitrogen and oxygen atoms in total. The van der Waals surface area contributed by atoms with Gasteiger partial charge in [0, 0.05) is 29.1 Å². The molecule has 12 heteroatoms. The smallest absolute Gasteiger partial charge is 0.350 e. The van der Waals surface area contributed by atoms with Gasteiger partial charge in [0.05, 0.1) is 13.1 Å². The van der Waals surface area contributed by atoms with Crippen LogP contribution in [-0.4, -0.2) is 50.9 Å². The van der Waals surface area contributed by atoms with E-state index >= 15 is 0 Å². The quantitative estimate of drug-likeness (QED) is 0.288. The maximum Gasteiger partial charge on any atom is 0.395 e. The van der Waals surface area contributed by atoms with Crippen LogP contribution in [-0.2, 0) is 11.2 Å². The van der Waals surface area contributed by atoms with Gasteiger partial charge in [0.15, 0.2) is 11.0 Å². The summed E-state index contributed by atoms with van der Waals surface area (Å²) in [7, 11) is 0. The van der Waals surface area contributed by atoms with Crippen molar-refractivity contribution in [2.24, 2.45) is 5.92 Å². The van der Waals surface area contributed by atoms with Crippen molar-refractivity contribution in [1.82, 2.24) is 20.2 Å². The predicted molar refractivity (Wildman–Crippen MR) is 127 cm³/mol. The van der Waals surface area contributed by atoms with E-state index in [9.17, 15) is 22.4 Å². The van der Waals surface area contributed by atoms with Crippen molar-refractivity contribution in [1.29, 1.82) is 0 Å². The summed E-state index contributed by atoms with van der Waals surface area (Å²) in [5, 5.41) is 10.6. The first-order valence-electron chi connectivity index (χ1n) is 11.5. The van der Waals surface area contributed by atoms with Crippen LogP contribution in [0.1, 0.15) is 30.5 Å². The molecule has 0 atom stereocenters. The number of carbonyl (C=O) groups excluding carboxylic acids is 1. The number of rotatable bonds is 9. The maximum atomic E-state index is 14.9. The summed E-state index contributed by atoms with van der Waals surface area (Å²) in [5.74, 6) is 0.947. The Morgan fingerprint density at radius 1 is 1.17 bits per heavy atom. The monoisotopic (exact) mass is 520 g/mol. The number of H-pyrrole nitrogens is 1. The number of aryl methyl sites for hydroxylation is 1. The van der Waals surface area contributed by atoms with E-state index in [1.165, 1.54) is 11.8 Å². The fourth-order valence-corrected chi connectivity index (χ4v) is 4.97. The number of Topliss-reactive ketones (excluding diaryl/α,β-unsaturated/α-hetero) is 1. The van der Waals surface area contributed by atoms with Gasteiger partial charge in [0.25, 0.3) is 0 Å². The van der Waals surface area contributed by atoms with Gasteiger partial charge in [0.1, 0.15) is 29.5 Å². The normalized spacial score (nSPS) is 17.1. The van der Waals surface area contributed by atoms with Gasteiger partial charge in [-0.2, -0.15) is 18.3 Å². The van der Waals surface area contributed by atoms with Crippen LogP contribution in [0.4, 0.5) is 35.0 Å². The number of nitrogens with one attached hydrogen (secondary N) is 2. The number of nitrogens with zero attached hydrogens (tertiary/aromatic N) is 4. The number of ketones is 1. The Balaban J connectivity index is 1.31. The van der Waals surface area contributed by atoms with Crippen LogP contribution in [0.3, 0.4) is 0 Å². The lowest BCUT2D eigenvalue weighted by Gasteiger charge is -2.45. The Morgan fingerprint density at radius 2 is 1.89 bits per heavy atom. The summed E-state index contributed by atoms with van der Waals surface area (Å²) in [6, 6.07) is 10.3. The van der Waals surface area contributed by atoms with Crippen molar-refractivity contribution in [3.63, 3.8) is 0 Å². The Bertz CT molecular complexity index is 1250. The van der Waals surface area contributed by atoms with Crippen molar-refractivity contribution < 1.29 is 22.4 Å². The lowest BCUT2D eigenvalue weighted by atomic mass is 9.91. The third-order valence-corrected chi connectivity index (χ3v) is 7.00. The average molecular weight is 521 g/mol. The second-order valence-electron chi connectivity index (χ2n) is 9.37. The van der Waals surface area contributed by atoms with Crippen molar-refractivity contribution in [3.05, 3.63) is 47.7 Å². The lowest BCUT2D eigenvalue weighted by molar-refractivity contribution is -0.151. The molecule has 0 radical (unpaired) electrons. The molecular weight excluding hydrogens is 496 g/mol. The molecule has 0 unspecified atom stereocenters. The second kappa shape index (κ2) is 9.38. The maximum absolute atomic E-state index is 14.9. The SMILES string of the molecule is Cc1cc(Nc2cc(N3CC(F)(C4CC4)C3)nc(Sc3ccc(CC(=O)CC(F)(F)F)cc3)n2)n[nH]1. The summed E-state index contributed by atoms with van der Waals surface area (Å²) < 4.78 is 52.2. The van der Waals surface area contributed by atoms with E-state index < -0.39 is 24.0 Å². The standard InChI is InChI=1S/C24H24F4N6OS/c1-14-8-20(33-32-14)29-19-10-21(34-12-23(25,13-34)16-4-5-16)31-22(30-19)36-18-6-2-15(3-7-18)9-17(35)11-24(26,27)28/h2-3,6-8,10,16H,4-5,9,11-13H2,1H3,(H2,29,30,31,32,33). The molecule has 2 fully saturated rings. The zero-order valence-corrected chi connectivity index (χ0v) is 20.2. The molecule has 1 saturated heterocycles. The first-order valence-corrected chi connectivity index (χ1v) is 12.3. The average Bonchev–Trinajstić information content (AvgIpc) is 3.54. The third kappa shape index (κ3) is 5.97. The highest BCUT2D eigenvalue weighted by Gasteiger charge is 2.54. The van der Waals surface area contributed by atoms with E-state index in [0.717, 1.165) is 23.4 Å². The first kappa shape index (κ1) is 24.5. The Morgan fingerprint density at radius 3 is 2.50 bits per heavy atom. The fraction of sp³-hybridized carbons (Fsp3) is 0.417. The van der Waals surface area contributed by atoms with Gasteiger partial charge in [-0.25, -0.2) is 14.4 Å². The molecule has 0 amide bonds. The first-order chi connectivity index (χ1) is 17.0. The van der Waals surface area contributed by atoms with E-state index in [2.05, 4.69) is 25.5 Å². The highest BCUT2D eigenvalue weighted by atomic mass is 32.2. The highest BCUT2D eigenvalue weighted by molar-refractivity contribution is 7.99. The molecule has 1 aromatic carbocycles. The van der Waals surface area contributed by atoms with E-state index in [0.29, 0.717) is 41.3 Å². The van der Waals surface area contributed by atoms with Crippen LogP contribution in [0.2, 0.25) is 0 Å². The molecule has 2 aromatic heterocycles. The minimum atomic E-state index is -4.51. The van der Waals surface area contributed by atoms with Crippen molar-refractivity contribution in [2.45, 2.75) is 54.5 Å². The lowest BCUT2D eigenvalue weighted by Crippen LogP contribution is -2.60. The molecular formula is C24H24F4N6OS. The number of alkyl halides is 4. The summed E-state index contributed by atoms with van der Waals surface area (Å²) >= 11 is 1.26. The number of hydrogen-bond acceptors (Lipinski definition) is 7. The highest BCUT2D eigenvalue weighted by Crippen LogP contribution is 2.48. The van der Waals surface area contributed by atoms with Crippen molar-refractivity contribution in [2.75, 3.05) is 23.3 Å². The van der Waals surface area contributed by atoms with E-state index in [4.69, 9.17) is 0 Å². The van der Waals surface area contributed by atoms with E-state index in [1.54, 1.807) is 30.3 Å². The third-order valence-electron chi connectivity index (χ3n) is 6.13. The summed E-state index contributed by atoms with van der Waals surface area (Å²) in [6.07, 6.45) is -4.37. The molecule has 1 aliphatic carbocycles. The Hall–Kier alpha value is -3.15. The van der Waals surface area contributed by atoms with Gasteiger partial charge >= 0.3 is 6.18 Å². The molecule has 2 N–H and O–H groups in total. The molecule has 2 aliphatic rings. The summed E-state index contributed by atoms with van der Waals surface area (Å²) in [6.45, 7) is 2.46. The van der Waals surface area contributed by atoms with Crippen LogP contribution >= 0.6 is 11.8 Å². The second-order valence-corrected chi connectivity index (χ2v) is 10.4. The number of hydrogen-bond donors (Lipinski definition) is 2. The van der Waals surface area contributed by atoms with E-state index in [-0.39, 0.29) is 12.3 Å². The number of aromatic nitrogens is 4. The van der Waals surface area contributed by atoms with Gasteiger partial charge in [0.2, 0.25) is 0 Å². The van der Waals surface area contributed by atoms with Gasteiger partial charge in [-0.05, 0) is 55.1 Å². The predicted octanol–water partition coefficient (Wildman–Crippen LogP) is 5.41. The molecule has 36 heavy (non-hydrogen) atoms. The minimum Gasteiger partial charge on any atom is -0.350 e. The van der Waals surface area contributed by atoms with Gasteiger partial charge in [-0.15, -0.1) is 0 Å². The number of aromatic amines is 1. The van der Waals surface area contributed by atoms with Crippen molar-refractivity contribution >= 4 is 35.0 Å². The van der Waals surface area contributed by atoms with Crippen LogP contribution in [0.15, 0.2) is 46.5 Å². The molecule has 3 heterocycles. The molecule has 5 rings (SSSR count). The van der Waals surface area contributed by atoms with Crippen LogP contribution in [0, 0.1) is 12.8 Å². The van der Waals surface area contributed by atoms with Crippen LogP contribution in [0.5, 0.6) is 0 Å². The molecule has 0 spiro atoms. The number of carbonyl (C=O) groups is 1. The molecule has 0 bridgehead atoms. The largest absolute Gasteiger partial charge is 0.395 e. The van der Waals surface area contributed by atoms with Crippen molar-refractivity contribution in [3.8, 4) is 0 Å². The summed E-state index contributed by atoms with van der Waals surface area (Å²) in [4.78, 5) is 23.4. The van der Waals surface area contributed by atoms with Crippen LogP contribution in [0.25, 0.3) is 0 Å². The molecule has 1 aliphatic heterocycles. The molecule has 190 valence electrons.